The van der Waals surface area contributed by atoms with E-state index in [0.717, 1.165) is 32.4 Å². The van der Waals surface area contributed by atoms with E-state index in [1.54, 1.807) is 17.8 Å². The molecule has 0 unspecified atom stereocenters. The van der Waals surface area contributed by atoms with Crippen molar-refractivity contribution in [2.75, 3.05) is 0 Å². The minimum absolute atomic E-state index is 0.310. The van der Waals surface area contributed by atoms with E-state index in [4.69, 9.17) is 4.42 Å². The second-order valence-electron chi connectivity index (χ2n) is 5.72. The van der Waals surface area contributed by atoms with Crippen LogP contribution in [0.1, 0.15) is 11.1 Å². The zero-order chi connectivity index (χ0) is 16.5. The van der Waals surface area contributed by atoms with Crippen molar-refractivity contribution in [2.24, 2.45) is 0 Å². The topological polar surface area (TPSA) is 43.1 Å². The summed E-state index contributed by atoms with van der Waals surface area (Å²) < 4.78 is 5.31. The molecule has 3 nitrogen and oxygen atoms in total. The van der Waals surface area contributed by atoms with E-state index in [1.165, 1.54) is 0 Å². The Morgan fingerprint density at radius 2 is 1.92 bits per heavy atom. The molecule has 0 fully saturated rings. The normalized spacial score (nSPS) is 11.2. The summed E-state index contributed by atoms with van der Waals surface area (Å²) in [6.07, 6.45) is 0. The number of hydrogen-bond acceptors (Lipinski definition) is 4. The third-order valence-electron chi connectivity index (χ3n) is 3.93. The van der Waals surface area contributed by atoms with Crippen molar-refractivity contribution >= 4 is 33.6 Å². The third kappa shape index (κ3) is 2.93. The molecule has 0 aliphatic heterocycles. The van der Waals surface area contributed by atoms with Gasteiger partial charge < -0.3 is 4.42 Å². The van der Waals surface area contributed by atoms with Gasteiger partial charge in [0.1, 0.15) is 5.58 Å². The molecule has 0 spiro atoms. The number of aromatic nitrogens is 1. The second-order valence-corrected chi connectivity index (χ2v) is 6.72. The predicted octanol–water partition coefficient (Wildman–Crippen LogP) is 4.94. The van der Waals surface area contributed by atoms with E-state index in [2.05, 4.69) is 17.1 Å². The number of benzene rings is 2. The van der Waals surface area contributed by atoms with Gasteiger partial charge in [0.25, 0.3) is 0 Å². The largest absolute Gasteiger partial charge is 0.423 e. The Balaban J connectivity index is 1.67. The highest BCUT2D eigenvalue weighted by atomic mass is 32.2. The van der Waals surface area contributed by atoms with Crippen molar-refractivity contribution in [1.29, 1.82) is 0 Å². The van der Waals surface area contributed by atoms with E-state index in [1.807, 2.05) is 49.4 Å². The molecule has 0 saturated carbocycles. The maximum absolute atomic E-state index is 11.8. The molecular weight excluding hydrogens is 318 g/mol. The average Bonchev–Trinajstić information content (AvgIpc) is 2.59. The molecule has 0 bridgehead atoms. The van der Waals surface area contributed by atoms with Gasteiger partial charge in [-0.05, 0) is 36.2 Å². The van der Waals surface area contributed by atoms with E-state index in [0.29, 0.717) is 11.3 Å². The molecule has 0 radical (unpaired) electrons. The van der Waals surface area contributed by atoms with E-state index in [-0.39, 0.29) is 5.63 Å². The minimum Gasteiger partial charge on any atom is -0.423 e. The molecule has 0 aliphatic carbocycles. The zero-order valence-electron chi connectivity index (χ0n) is 13.2. The van der Waals surface area contributed by atoms with Crippen molar-refractivity contribution in [3.05, 3.63) is 82.2 Å². The fraction of sp³-hybridized carbons (Fsp3) is 0.100. The van der Waals surface area contributed by atoms with Gasteiger partial charge in [0.15, 0.2) is 0 Å². The maximum atomic E-state index is 11.8. The highest BCUT2D eigenvalue weighted by molar-refractivity contribution is 7.98. The summed E-state index contributed by atoms with van der Waals surface area (Å²) in [6, 6.07) is 19.7. The Kier molecular flexibility index (Phi) is 3.82. The van der Waals surface area contributed by atoms with Crippen LogP contribution in [0.4, 0.5) is 0 Å². The first-order chi connectivity index (χ1) is 11.7. The van der Waals surface area contributed by atoms with E-state index >= 15 is 0 Å². The van der Waals surface area contributed by atoms with Crippen LogP contribution in [-0.4, -0.2) is 4.98 Å². The number of rotatable bonds is 3. The number of aryl methyl sites for hydroxylation is 1. The standard InChI is InChI=1S/C20H15NO2S/c1-13-6-8-16-15(11-20(22)23-18(16)10-13)12-24-19-9-7-14-4-2-3-5-17(14)21-19/h2-11H,12H2,1H3. The number of fused-ring (bicyclic) bond motifs is 2. The fourth-order valence-corrected chi connectivity index (χ4v) is 3.61. The van der Waals surface area contributed by atoms with Gasteiger partial charge in [-0.15, -0.1) is 11.8 Å². The summed E-state index contributed by atoms with van der Waals surface area (Å²) in [4.78, 5) is 16.5. The molecule has 24 heavy (non-hydrogen) atoms. The Morgan fingerprint density at radius 3 is 2.83 bits per heavy atom. The van der Waals surface area contributed by atoms with Crippen molar-refractivity contribution in [2.45, 2.75) is 17.7 Å². The van der Waals surface area contributed by atoms with Crippen LogP contribution in [-0.2, 0) is 5.75 Å². The van der Waals surface area contributed by atoms with Gasteiger partial charge in [0.05, 0.1) is 10.5 Å². The van der Waals surface area contributed by atoms with Crippen molar-refractivity contribution in [3.63, 3.8) is 0 Å². The first-order valence-corrected chi connectivity index (χ1v) is 8.69. The second kappa shape index (κ2) is 6.13. The van der Waals surface area contributed by atoms with E-state index in [9.17, 15) is 4.79 Å². The van der Waals surface area contributed by atoms with Gasteiger partial charge in [-0.2, -0.15) is 0 Å². The van der Waals surface area contributed by atoms with Crippen LogP contribution in [0.2, 0.25) is 0 Å². The Labute approximate surface area is 143 Å². The zero-order valence-corrected chi connectivity index (χ0v) is 14.0. The SMILES string of the molecule is Cc1ccc2c(CSc3ccc4ccccc4n3)cc(=O)oc2c1. The summed E-state index contributed by atoms with van der Waals surface area (Å²) in [5.74, 6) is 0.677. The van der Waals surface area contributed by atoms with Crippen molar-refractivity contribution in [1.82, 2.24) is 4.98 Å². The summed E-state index contributed by atoms with van der Waals surface area (Å²) in [5, 5.41) is 3.05. The Bertz CT molecular complexity index is 1100. The average molecular weight is 333 g/mol. The minimum atomic E-state index is -0.310. The molecular formula is C20H15NO2S. The van der Waals surface area contributed by atoms with Gasteiger partial charge in [0.2, 0.25) is 0 Å². The van der Waals surface area contributed by atoms with Crippen LogP contribution in [0.3, 0.4) is 0 Å². The van der Waals surface area contributed by atoms with Crippen LogP contribution in [0.25, 0.3) is 21.9 Å². The highest BCUT2D eigenvalue weighted by Gasteiger charge is 2.07. The molecule has 4 heteroatoms. The van der Waals surface area contributed by atoms with Crippen LogP contribution in [0, 0.1) is 6.92 Å². The van der Waals surface area contributed by atoms with Crippen LogP contribution in [0.15, 0.2) is 74.9 Å². The third-order valence-corrected chi connectivity index (χ3v) is 4.91. The molecule has 2 aromatic heterocycles. The molecule has 0 aliphatic rings. The highest BCUT2D eigenvalue weighted by Crippen LogP contribution is 2.27. The monoisotopic (exact) mass is 333 g/mol. The fourth-order valence-electron chi connectivity index (χ4n) is 2.74. The van der Waals surface area contributed by atoms with Gasteiger partial charge in [0, 0.05) is 22.6 Å². The quantitative estimate of drug-likeness (QED) is 0.393. The van der Waals surface area contributed by atoms with Gasteiger partial charge >= 0.3 is 5.63 Å². The van der Waals surface area contributed by atoms with Gasteiger partial charge in [-0.3, -0.25) is 0 Å². The number of hydrogen-bond donors (Lipinski definition) is 0. The van der Waals surface area contributed by atoms with Gasteiger partial charge in [-0.25, -0.2) is 9.78 Å². The number of nitrogens with zero attached hydrogens (tertiary/aromatic N) is 1. The van der Waals surface area contributed by atoms with Crippen molar-refractivity contribution < 1.29 is 4.42 Å². The first-order valence-electron chi connectivity index (χ1n) is 7.71. The summed E-state index contributed by atoms with van der Waals surface area (Å²) in [6.45, 7) is 1.99. The molecule has 0 atom stereocenters. The first kappa shape index (κ1) is 15.0. The lowest BCUT2D eigenvalue weighted by atomic mass is 10.1. The van der Waals surface area contributed by atoms with Crippen LogP contribution < -0.4 is 5.63 Å². The number of thioether (sulfide) groups is 1. The molecule has 0 amide bonds. The molecule has 4 rings (SSSR count). The van der Waals surface area contributed by atoms with Crippen LogP contribution in [0.5, 0.6) is 0 Å². The van der Waals surface area contributed by atoms with Gasteiger partial charge in [-0.1, -0.05) is 36.4 Å². The summed E-state index contributed by atoms with van der Waals surface area (Å²) in [7, 11) is 0. The summed E-state index contributed by atoms with van der Waals surface area (Å²) >= 11 is 1.62. The van der Waals surface area contributed by atoms with Crippen LogP contribution >= 0.6 is 11.8 Å². The lowest BCUT2D eigenvalue weighted by Gasteiger charge is -2.06. The lowest BCUT2D eigenvalue weighted by Crippen LogP contribution is -2.00. The summed E-state index contributed by atoms with van der Waals surface area (Å²) in [5.41, 5.74) is 3.36. The Morgan fingerprint density at radius 1 is 1.04 bits per heavy atom. The van der Waals surface area contributed by atoms with E-state index < -0.39 is 0 Å². The number of pyridine rings is 1. The molecule has 118 valence electrons. The Hall–Kier alpha value is -2.59. The molecule has 2 heterocycles. The number of para-hydroxylation sites is 1. The lowest BCUT2D eigenvalue weighted by molar-refractivity contribution is 0.559. The predicted molar refractivity (Wildman–Crippen MR) is 98.5 cm³/mol. The smallest absolute Gasteiger partial charge is 0.336 e. The maximum Gasteiger partial charge on any atom is 0.336 e. The van der Waals surface area contributed by atoms with Crippen molar-refractivity contribution in [3.8, 4) is 0 Å². The molecule has 2 aromatic carbocycles. The molecule has 4 aromatic rings. The molecule has 0 saturated heterocycles. The molecule has 0 N–H and O–H groups in total.